The minimum atomic E-state index is -1.68. The Kier molecular flexibility index (Phi) is 14.3. The highest BCUT2D eigenvalue weighted by atomic mass is 35.5. The van der Waals surface area contributed by atoms with E-state index in [1.54, 1.807) is 50.2 Å². The fourth-order valence-corrected chi connectivity index (χ4v) is 4.89. The first-order valence-electron chi connectivity index (χ1n) is 14.4. The van der Waals surface area contributed by atoms with E-state index in [1.165, 1.54) is 0 Å². The second-order valence-corrected chi connectivity index (χ2v) is 13.1. The van der Waals surface area contributed by atoms with Crippen LogP contribution in [0, 0.1) is 17.3 Å². The minimum absolute atomic E-state index is 0.00811. The maximum atomic E-state index is 13.3. The summed E-state index contributed by atoms with van der Waals surface area (Å²) in [6.45, 7) is 9.69. The van der Waals surface area contributed by atoms with Crippen LogP contribution in [0.25, 0.3) is 0 Å². The lowest BCUT2D eigenvalue weighted by molar-refractivity contribution is -0.134. The molecule has 2 aromatic carbocycles. The Morgan fingerprint density at radius 1 is 0.952 bits per heavy atom. The van der Waals surface area contributed by atoms with Crippen LogP contribution in [0.2, 0.25) is 10.0 Å². The van der Waals surface area contributed by atoms with Gasteiger partial charge in [0.2, 0.25) is 17.7 Å². The number of amides is 3. The van der Waals surface area contributed by atoms with Gasteiger partial charge < -0.3 is 26.0 Å². The van der Waals surface area contributed by atoms with E-state index in [1.807, 2.05) is 12.1 Å². The van der Waals surface area contributed by atoms with Crippen LogP contribution in [-0.4, -0.2) is 53.4 Å². The molecule has 1 unspecified atom stereocenters. The first-order chi connectivity index (χ1) is 19.7. The van der Waals surface area contributed by atoms with Crippen LogP contribution in [0.1, 0.15) is 65.0 Å². The van der Waals surface area contributed by atoms with Gasteiger partial charge in [0.1, 0.15) is 6.04 Å². The van der Waals surface area contributed by atoms with Crippen LogP contribution in [0.15, 0.2) is 48.5 Å². The molecule has 230 valence electrons. The molecule has 1 aliphatic carbocycles. The topological polar surface area (TPSA) is 128 Å². The number of hydrogen-bond acceptors (Lipinski definition) is 5. The zero-order valence-corrected chi connectivity index (χ0v) is 26.6. The van der Waals surface area contributed by atoms with Crippen molar-refractivity contribution in [2.45, 2.75) is 78.7 Å². The molecule has 1 fully saturated rings. The van der Waals surface area contributed by atoms with Gasteiger partial charge in [0.05, 0.1) is 12.5 Å². The summed E-state index contributed by atoms with van der Waals surface area (Å²) in [5.74, 6) is -1.39. The van der Waals surface area contributed by atoms with Crippen molar-refractivity contribution in [3.8, 4) is 0 Å². The molecular formula is C31H44BCl2N3O5. The smallest absolute Gasteiger partial charge is 0.426 e. The summed E-state index contributed by atoms with van der Waals surface area (Å²) in [5.41, 5.74) is 0.767. The number of halogens is 2. The standard InChI is InChI=1S/C27H34BCl2N3O5.C4H10/c1-27(2,15-18-7-4-11-21(30)13-18)26(36)32-22(14-17-6-3-10-20(29)12-17)25(35)31-16-23(34)33-24(28(37)38)19-8-5-9-19;1-4(2)3/h3-4,6-7,10-13,19,22,24,37-38H,5,8-9,14-16H2,1-2H3,(H,31,35)(H,32,36)(H,33,34);4H,1-3H3/t22-,24?;/m0./s1. The number of carbonyl (C=O) groups is 3. The van der Waals surface area contributed by atoms with Crippen LogP contribution in [0.3, 0.4) is 0 Å². The molecular weight excluding hydrogens is 576 g/mol. The fraction of sp³-hybridized carbons (Fsp3) is 0.516. The van der Waals surface area contributed by atoms with E-state index >= 15 is 0 Å². The lowest BCUT2D eigenvalue weighted by Crippen LogP contribution is -2.56. The third-order valence-electron chi connectivity index (χ3n) is 6.83. The summed E-state index contributed by atoms with van der Waals surface area (Å²) in [4.78, 5) is 39.0. The third-order valence-corrected chi connectivity index (χ3v) is 7.30. The van der Waals surface area contributed by atoms with Crippen molar-refractivity contribution in [1.29, 1.82) is 0 Å². The van der Waals surface area contributed by atoms with Crippen LogP contribution >= 0.6 is 23.2 Å². The molecule has 0 aromatic heterocycles. The van der Waals surface area contributed by atoms with Gasteiger partial charge in [0, 0.05) is 21.9 Å². The van der Waals surface area contributed by atoms with Gasteiger partial charge >= 0.3 is 7.12 Å². The van der Waals surface area contributed by atoms with Crippen molar-refractivity contribution in [2.24, 2.45) is 17.3 Å². The van der Waals surface area contributed by atoms with E-state index in [-0.39, 0.29) is 24.8 Å². The molecule has 0 saturated heterocycles. The van der Waals surface area contributed by atoms with Crippen LogP contribution in [0.4, 0.5) is 0 Å². The van der Waals surface area contributed by atoms with Crippen LogP contribution < -0.4 is 16.0 Å². The van der Waals surface area contributed by atoms with Crippen molar-refractivity contribution in [3.63, 3.8) is 0 Å². The Morgan fingerprint density at radius 2 is 1.50 bits per heavy atom. The van der Waals surface area contributed by atoms with Gasteiger partial charge in [-0.25, -0.2) is 0 Å². The molecule has 2 aromatic rings. The summed E-state index contributed by atoms with van der Waals surface area (Å²) in [6, 6.07) is 13.3. The first-order valence-corrected chi connectivity index (χ1v) is 15.2. The quantitative estimate of drug-likeness (QED) is 0.226. The number of hydrogen-bond donors (Lipinski definition) is 5. The Morgan fingerprint density at radius 3 is 2.00 bits per heavy atom. The highest BCUT2D eigenvalue weighted by Crippen LogP contribution is 2.30. The monoisotopic (exact) mass is 619 g/mol. The molecule has 5 N–H and O–H groups in total. The molecule has 42 heavy (non-hydrogen) atoms. The second-order valence-electron chi connectivity index (χ2n) is 12.2. The van der Waals surface area contributed by atoms with Gasteiger partial charge in [-0.15, -0.1) is 0 Å². The summed E-state index contributed by atoms with van der Waals surface area (Å²) in [6.07, 6.45) is 3.13. The van der Waals surface area contributed by atoms with Crippen molar-refractivity contribution >= 4 is 48.0 Å². The zero-order valence-electron chi connectivity index (χ0n) is 25.1. The summed E-state index contributed by atoms with van der Waals surface area (Å²) >= 11 is 12.2. The van der Waals surface area contributed by atoms with Gasteiger partial charge in [0.25, 0.3) is 0 Å². The Hall–Kier alpha value is -2.59. The van der Waals surface area contributed by atoms with Gasteiger partial charge in [0.15, 0.2) is 0 Å². The maximum absolute atomic E-state index is 13.3. The first kappa shape index (κ1) is 35.6. The molecule has 0 bridgehead atoms. The molecule has 8 nitrogen and oxygen atoms in total. The van der Waals surface area contributed by atoms with Crippen LogP contribution in [0.5, 0.6) is 0 Å². The van der Waals surface area contributed by atoms with E-state index in [0.29, 0.717) is 16.5 Å². The van der Waals surface area contributed by atoms with Crippen molar-refractivity contribution in [2.75, 3.05) is 6.54 Å². The summed E-state index contributed by atoms with van der Waals surface area (Å²) in [7, 11) is -1.68. The number of benzene rings is 2. The highest BCUT2D eigenvalue weighted by Gasteiger charge is 2.37. The minimum Gasteiger partial charge on any atom is -0.426 e. The SMILES string of the molecule is CC(C)(Cc1cccc(Cl)c1)C(=O)N[C@@H](Cc1cccc(Cl)c1)C(=O)NCC(=O)NC(B(O)O)C1CCC1.CC(C)C. The lowest BCUT2D eigenvalue weighted by Gasteiger charge is -2.33. The number of rotatable bonds is 12. The van der Waals surface area contributed by atoms with Gasteiger partial charge in [-0.2, -0.15) is 0 Å². The number of nitrogens with one attached hydrogen (secondary N) is 3. The Bertz CT molecular complexity index is 1190. The molecule has 0 spiro atoms. The normalized spacial score (nSPS) is 14.5. The Labute approximate surface area is 260 Å². The van der Waals surface area contributed by atoms with E-state index in [4.69, 9.17) is 23.2 Å². The molecule has 3 rings (SSSR count). The molecule has 0 radical (unpaired) electrons. The zero-order chi connectivity index (χ0) is 31.4. The van der Waals surface area contributed by atoms with Crippen molar-refractivity contribution in [3.05, 3.63) is 69.7 Å². The van der Waals surface area contributed by atoms with E-state index in [2.05, 4.69) is 36.7 Å². The molecule has 0 heterocycles. The molecule has 3 amide bonds. The summed E-state index contributed by atoms with van der Waals surface area (Å²) in [5, 5.41) is 28.3. The molecule has 1 saturated carbocycles. The molecule has 11 heteroatoms. The van der Waals surface area contributed by atoms with Crippen LogP contribution in [-0.2, 0) is 27.2 Å². The molecule has 0 aliphatic heterocycles. The van der Waals surface area contributed by atoms with E-state index in [0.717, 1.165) is 36.3 Å². The largest absolute Gasteiger partial charge is 0.475 e. The van der Waals surface area contributed by atoms with E-state index in [9.17, 15) is 24.4 Å². The van der Waals surface area contributed by atoms with Crippen molar-refractivity contribution < 1.29 is 24.4 Å². The second kappa shape index (κ2) is 16.9. The predicted molar refractivity (Wildman–Crippen MR) is 169 cm³/mol. The highest BCUT2D eigenvalue weighted by molar-refractivity contribution is 6.43. The average molecular weight is 620 g/mol. The van der Waals surface area contributed by atoms with Gasteiger partial charge in [-0.3, -0.25) is 14.4 Å². The third kappa shape index (κ3) is 12.3. The van der Waals surface area contributed by atoms with E-state index < -0.39 is 36.3 Å². The maximum Gasteiger partial charge on any atom is 0.475 e. The average Bonchev–Trinajstić information content (AvgIpc) is 2.84. The fourth-order valence-electron chi connectivity index (χ4n) is 4.46. The number of carbonyl (C=O) groups excluding carboxylic acids is 3. The van der Waals surface area contributed by atoms with Gasteiger partial charge in [-0.05, 0) is 66.5 Å². The lowest BCUT2D eigenvalue weighted by atomic mass is 9.64. The Balaban J connectivity index is 0.00000144. The van der Waals surface area contributed by atoms with Gasteiger partial charge in [-0.1, -0.05) is 88.5 Å². The predicted octanol–water partition coefficient (Wildman–Crippen LogP) is 4.37. The van der Waals surface area contributed by atoms with Crippen molar-refractivity contribution in [1.82, 2.24) is 16.0 Å². The summed E-state index contributed by atoms with van der Waals surface area (Å²) < 4.78 is 0. The molecule has 1 aliphatic rings. The molecule has 2 atom stereocenters.